The molecule has 1 N–H and O–H groups in total. The van der Waals surface area contributed by atoms with E-state index < -0.39 is 23.0 Å². The normalized spacial score (nSPS) is 13.7. The van der Waals surface area contributed by atoms with E-state index in [2.05, 4.69) is 15.0 Å². The van der Waals surface area contributed by atoms with Crippen LogP contribution in [-0.4, -0.2) is 56.6 Å². The van der Waals surface area contributed by atoms with E-state index in [1.165, 1.54) is 24.7 Å². The number of pyridine rings is 1. The molecule has 1 fully saturated rings. The zero-order valence-corrected chi connectivity index (χ0v) is 21.2. The Morgan fingerprint density at radius 2 is 1.62 bits per heavy atom. The molecule has 202 valence electrons. The molecule has 0 aliphatic carbocycles. The Morgan fingerprint density at radius 1 is 0.900 bits per heavy atom. The number of piperazine rings is 1. The van der Waals surface area contributed by atoms with Gasteiger partial charge in [-0.1, -0.05) is 12.1 Å². The van der Waals surface area contributed by atoms with Gasteiger partial charge in [-0.25, -0.2) is 23.2 Å². The lowest BCUT2D eigenvalue weighted by Gasteiger charge is -2.37. The summed E-state index contributed by atoms with van der Waals surface area (Å²) in [6, 6.07) is 16.5. The van der Waals surface area contributed by atoms with Gasteiger partial charge in [0.05, 0.1) is 17.7 Å². The fraction of sp³-hybridized carbons (Fsp3) is 0.172. The Labute approximate surface area is 227 Å². The van der Waals surface area contributed by atoms with Gasteiger partial charge < -0.3 is 19.5 Å². The number of hydrogen-bond acceptors (Lipinski definition) is 6. The topological polar surface area (TPSA) is 96.5 Å². The Balaban J connectivity index is 1.33. The molecule has 0 unspecified atom stereocenters. The van der Waals surface area contributed by atoms with Crippen LogP contribution in [0.25, 0.3) is 16.6 Å². The number of anilines is 2. The molecule has 5 aromatic rings. The number of benzene rings is 3. The van der Waals surface area contributed by atoms with Crippen LogP contribution >= 0.6 is 0 Å². The lowest BCUT2D eigenvalue weighted by atomic mass is 10.1. The molecule has 11 heteroatoms. The molecule has 1 aliphatic rings. The number of carboxylic acids is 1. The van der Waals surface area contributed by atoms with E-state index in [0.717, 1.165) is 17.3 Å². The second kappa shape index (κ2) is 10.3. The number of hydrogen-bond donors (Lipinski definition) is 1. The summed E-state index contributed by atoms with van der Waals surface area (Å²) in [6.07, 6.45) is 4.45. The highest BCUT2D eigenvalue weighted by Crippen LogP contribution is 2.27. The number of rotatable bonds is 6. The van der Waals surface area contributed by atoms with Gasteiger partial charge in [0.15, 0.2) is 0 Å². The molecule has 0 atom stereocenters. The predicted molar refractivity (Wildman–Crippen MR) is 146 cm³/mol. The van der Waals surface area contributed by atoms with E-state index in [1.54, 1.807) is 27.7 Å². The SMILES string of the molecule is O=C(O)c1cn(-c2ccc(Cn3cncn3)cc2)c2cc(N3CCN(c4ccc(F)cc4F)CC3)ccc2c1=O. The van der Waals surface area contributed by atoms with Crippen molar-refractivity contribution in [3.63, 3.8) is 0 Å². The monoisotopic (exact) mass is 542 g/mol. The number of carbonyl (C=O) groups is 1. The third-order valence-corrected chi connectivity index (χ3v) is 7.14. The summed E-state index contributed by atoms with van der Waals surface area (Å²) in [7, 11) is 0. The maximum atomic E-state index is 14.3. The second-order valence-electron chi connectivity index (χ2n) is 9.58. The largest absolute Gasteiger partial charge is 0.477 e. The minimum Gasteiger partial charge on any atom is -0.477 e. The highest BCUT2D eigenvalue weighted by atomic mass is 19.1. The number of aromatic nitrogens is 4. The molecule has 6 rings (SSSR count). The fourth-order valence-electron chi connectivity index (χ4n) is 5.08. The summed E-state index contributed by atoms with van der Waals surface area (Å²) in [6.45, 7) is 2.74. The summed E-state index contributed by atoms with van der Waals surface area (Å²) in [5.41, 5.74) is 2.60. The number of nitrogens with zero attached hydrogens (tertiary/aromatic N) is 6. The molecule has 1 saturated heterocycles. The van der Waals surface area contributed by atoms with Crippen molar-refractivity contribution < 1.29 is 18.7 Å². The van der Waals surface area contributed by atoms with Gasteiger partial charge in [-0.2, -0.15) is 5.10 Å². The first-order chi connectivity index (χ1) is 19.4. The fourth-order valence-corrected chi connectivity index (χ4v) is 5.08. The van der Waals surface area contributed by atoms with Crippen molar-refractivity contribution >= 4 is 28.2 Å². The second-order valence-corrected chi connectivity index (χ2v) is 9.58. The smallest absolute Gasteiger partial charge is 0.341 e. The van der Waals surface area contributed by atoms with Crippen LogP contribution in [0.15, 0.2) is 84.3 Å². The molecule has 3 heterocycles. The molecule has 3 aromatic carbocycles. The van der Waals surface area contributed by atoms with Crippen LogP contribution < -0.4 is 15.2 Å². The maximum absolute atomic E-state index is 14.3. The zero-order valence-electron chi connectivity index (χ0n) is 21.2. The van der Waals surface area contributed by atoms with Crippen LogP contribution in [0.5, 0.6) is 0 Å². The minimum atomic E-state index is -1.29. The Bertz CT molecular complexity index is 1760. The highest BCUT2D eigenvalue weighted by molar-refractivity contribution is 5.94. The van der Waals surface area contributed by atoms with Crippen LogP contribution in [-0.2, 0) is 6.54 Å². The average Bonchev–Trinajstić information content (AvgIpc) is 3.47. The van der Waals surface area contributed by atoms with Gasteiger partial charge in [0.25, 0.3) is 0 Å². The van der Waals surface area contributed by atoms with Crippen molar-refractivity contribution in [2.75, 3.05) is 36.0 Å². The van der Waals surface area contributed by atoms with Gasteiger partial charge >= 0.3 is 5.97 Å². The van der Waals surface area contributed by atoms with E-state index in [1.807, 2.05) is 35.2 Å². The van der Waals surface area contributed by atoms with Crippen LogP contribution in [0.2, 0.25) is 0 Å². The van der Waals surface area contributed by atoms with Gasteiger partial charge in [0.2, 0.25) is 5.43 Å². The maximum Gasteiger partial charge on any atom is 0.341 e. The standard InChI is InChI=1S/C29H24F2N6O3/c30-20-3-8-26(25(31)13-20)35-11-9-34(10-12-35)22-6-7-23-27(14-22)37(16-24(28(23)38)29(39)40)21-4-1-19(2-5-21)15-36-18-32-17-33-36/h1-8,13-14,16-18H,9-12,15H2,(H,39,40). The first-order valence-corrected chi connectivity index (χ1v) is 12.7. The van der Waals surface area contributed by atoms with E-state index >= 15 is 0 Å². The molecule has 1 aliphatic heterocycles. The lowest BCUT2D eigenvalue weighted by Crippen LogP contribution is -2.46. The summed E-state index contributed by atoms with van der Waals surface area (Å²) in [5.74, 6) is -2.50. The molecule has 2 aromatic heterocycles. The van der Waals surface area contributed by atoms with Crippen molar-refractivity contribution in [3.8, 4) is 5.69 Å². The van der Waals surface area contributed by atoms with Crippen LogP contribution in [0.4, 0.5) is 20.2 Å². The molecule has 40 heavy (non-hydrogen) atoms. The summed E-state index contributed by atoms with van der Waals surface area (Å²) >= 11 is 0. The van der Waals surface area contributed by atoms with Gasteiger partial charge in [0.1, 0.15) is 29.9 Å². The summed E-state index contributed by atoms with van der Waals surface area (Å²) in [4.78, 5) is 32.9. The van der Waals surface area contributed by atoms with E-state index in [0.29, 0.717) is 55.0 Å². The zero-order chi connectivity index (χ0) is 27.8. The summed E-state index contributed by atoms with van der Waals surface area (Å²) < 4.78 is 31.1. The highest BCUT2D eigenvalue weighted by Gasteiger charge is 2.22. The van der Waals surface area contributed by atoms with Gasteiger partial charge in [-0.3, -0.25) is 4.79 Å². The van der Waals surface area contributed by atoms with Crippen molar-refractivity contribution in [1.29, 1.82) is 0 Å². The third-order valence-electron chi connectivity index (χ3n) is 7.14. The molecule has 0 radical (unpaired) electrons. The number of halogens is 2. The number of carboxylic acid groups (broad SMARTS) is 1. The molecular formula is C29H24F2N6O3. The minimum absolute atomic E-state index is 0.294. The Morgan fingerprint density at radius 3 is 2.30 bits per heavy atom. The first-order valence-electron chi connectivity index (χ1n) is 12.7. The molecule has 0 spiro atoms. The third kappa shape index (κ3) is 4.77. The van der Waals surface area contributed by atoms with Crippen molar-refractivity contribution in [2.24, 2.45) is 0 Å². The lowest BCUT2D eigenvalue weighted by molar-refractivity contribution is 0.0695. The average molecular weight is 543 g/mol. The van der Waals surface area contributed by atoms with Crippen LogP contribution in [0, 0.1) is 11.6 Å². The Hall–Kier alpha value is -5.06. The van der Waals surface area contributed by atoms with Gasteiger partial charge in [0, 0.05) is 55.2 Å². The van der Waals surface area contributed by atoms with E-state index in [9.17, 15) is 23.5 Å². The molecule has 9 nitrogen and oxygen atoms in total. The first kappa shape index (κ1) is 25.2. The predicted octanol–water partition coefficient (Wildman–Crippen LogP) is 3.93. The van der Waals surface area contributed by atoms with Crippen molar-refractivity contribution in [1.82, 2.24) is 19.3 Å². The molecule has 0 amide bonds. The van der Waals surface area contributed by atoms with Crippen LogP contribution in [0.3, 0.4) is 0 Å². The van der Waals surface area contributed by atoms with Gasteiger partial charge in [-0.15, -0.1) is 0 Å². The van der Waals surface area contributed by atoms with Crippen LogP contribution in [0.1, 0.15) is 15.9 Å². The van der Waals surface area contributed by atoms with Crippen molar-refractivity contribution in [2.45, 2.75) is 6.54 Å². The molecule has 0 saturated carbocycles. The summed E-state index contributed by atoms with van der Waals surface area (Å²) in [5, 5.41) is 14.1. The molecular weight excluding hydrogens is 518 g/mol. The quantitative estimate of drug-likeness (QED) is 0.347. The number of fused-ring (bicyclic) bond motifs is 1. The Kier molecular flexibility index (Phi) is 6.47. The van der Waals surface area contributed by atoms with E-state index in [4.69, 9.17) is 0 Å². The number of aromatic carboxylic acids is 1. The van der Waals surface area contributed by atoms with E-state index in [-0.39, 0.29) is 5.56 Å². The van der Waals surface area contributed by atoms with Crippen molar-refractivity contribution in [3.05, 3.63) is 112 Å². The van der Waals surface area contributed by atoms with Gasteiger partial charge in [-0.05, 0) is 48.0 Å². The molecule has 0 bridgehead atoms.